The predicted octanol–water partition coefficient (Wildman–Crippen LogP) is 3.25. The van der Waals surface area contributed by atoms with E-state index in [-0.39, 0.29) is 0 Å². The van der Waals surface area contributed by atoms with Gasteiger partial charge in [-0.2, -0.15) is 0 Å². The highest BCUT2D eigenvalue weighted by Crippen LogP contribution is 2.31. The summed E-state index contributed by atoms with van der Waals surface area (Å²) in [6, 6.07) is 9.77. The maximum Gasteiger partial charge on any atom is 0.200 e. The lowest BCUT2D eigenvalue weighted by atomic mass is 10.1. The van der Waals surface area contributed by atoms with E-state index in [9.17, 15) is 0 Å². The first-order chi connectivity index (χ1) is 10.1. The number of aromatic nitrogens is 4. The molecule has 104 valence electrons. The lowest BCUT2D eigenvalue weighted by Crippen LogP contribution is -2.02. The molecule has 2 heterocycles. The van der Waals surface area contributed by atoms with Crippen LogP contribution in [0.15, 0.2) is 47.2 Å². The molecule has 2 N–H and O–H groups in total. The molecule has 0 fully saturated rings. The summed E-state index contributed by atoms with van der Waals surface area (Å²) in [7, 11) is 0. The molecule has 0 saturated heterocycles. The van der Waals surface area contributed by atoms with Crippen molar-refractivity contribution in [1.82, 2.24) is 19.9 Å². The highest BCUT2D eigenvalue weighted by Gasteiger charge is 2.14. The number of rotatable bonds is 2. The third-order valence-corrected chi connectivity index (χ3v) is 3.69. The molecule has 0 atom stereocenters. The molecule has 3 aromatic rings. The number of anilines is 1. The Kier molecular flexibility index (Phi) is 3.62. The van der Waals surface area contributed by atoms with E-state index < -0.39 is 0 Å². The Bertz CT molecular complexity index is 772. The number of benzene rings is 1. The molecule has 5 nitrogen and oxygen atoms in total. The number of hydrogen-bond donors (Lipinski definition) is 1. The topological polar surface area (TPSA) is 77.6 Å². The van der Waals surface area contributed by atoms with E-state index in [1.165, 1.54) is 0 Å². The summed E-state index contributed by atoms with van der Waals surface area (Å²) in [6.07, 6.45) is 3.46. The van der Waals surface area contributed by atoms with Crippen LogP contribution in [0.25, 0.3) is 22.9 Å². The summed E-state index contributed by atoms with van der Waals surface area (Å²) in [5.74, 6) is 1.23. The predicted molar refractivity (Wildman–Crippen MR) is 85.3 cm³/mol. The standard InChI is InChI=1S/C15H12BrN5/c1-9-7-18-14(19-8-9)15-20-12(11(16)13(17)21-15)10-5-3-2-4-6-10/h2-8H,1H3,(H2,17,20,21). The van der Waals surface area contributed by atoms with Crippen LogP contribution in [-0.4, -0.2) is 19.9 Å². The molecule has 2 aromatic heterocycles. The molecule has 0 saturated carbocycles. The van der Waals surface area contributed by atoms with Crippen LogP contribution in [0.2, 0.25) is 0 Å². The van der Waals surface area contributed by atoms with Crippen LogP contribution >= 0.6 is 15.9 Å². The Hall–Kier alpha value is -2.34. The van der Waals surface area contributed by atoms with E-state index in [0.717, 1.165) is 16.8 Å². The van der Waals surface area contributed by atoms with Crippen LogP contribution in [0.1, 0.15) is 5.56 Å². The second-order valence-electron chi connectivity index (χ2n) is 4.55. The van der Waals surface area contributed by atoms with Crippen molar-refractivity contribution < 1.29 is 0 Å². The fourth-order valence-electron chi connectivity index (χ4n) is 1.86. The fraction of sp³-hybridized carbons (Fsp3) is 0.0667. The Morgan fingerprint density at radius 3 is 2.29 bits per heavy atom. The number of hydrogen-bond acceptors (Lipinski definition) is 5. The molecule has 0 amide bonds. The molecule has 0 unspecified atom stereocenters. The lowest BCUT2D eigenvalue weighted by Gasteiger charge is -2.08. The SMILES string of the molecule is Cc1cnc(-c2nc(N)c(Br)c(-c3ccccc3)n2)nc1. The molecule has 1 aromatic carbocycles. The van der Waals surface area contributed by atoms with E-state index in [1.54, 1.807) is 12.4 Å². The molecule has 0 bridgehead atoms. The molecule has 6 heteroatoms. The van der Waals surface area contributed by atoms with Gasteiger partial charge in [-0.1, -0.05) is 30.3 Å². The molecule has 0 aliphatic carbocycles. The lowest BCUT2D eigenvalue weighted by molar-refractivity contribution is 1.06. The van der Waals surface area contributed by atoms with Crippen LogP contribution in [-0.2, 0) is 0 Å². The van der Waals surface area contributed by atoms with Crippen molar-refractivity contribution in [2.75, 3.05) is 5.73 Å². The molecule has 3 rings (SSSR count). The molecule has 0 aliphatic heterocycles. The second kappa shape index (κ2) is 5.57. The maximum absolute atomic E-state index is 5.97. The minimum atomic E-state index is 0.364. The van der Waals surface area contributed by atoms with Crippen LogP contribution in [0.5, 0.6) is 0 Å². The minimum absolute atomic E-state index is 0.364. The highest BCUT2D eigenvalue weighted by atomic mass is 79.9. The van der Waals surface area contributed by atoms with Crippen molar-refractivity contribution in [2.45, 2.75) is 6.92 Å². The van der Waals surface area contributed by atoms with Crippen LogP contribution < -0.4 is 5.73 Å². The third kappa shape index (κ3) is 2.75. The quantitative estimate of drug-likeness (QED) is 0.773. The van der Waals surface area contributed by atoms with Gasteiger partial charge in [-0.25, -0.2) is 19.9 Å². The van der Waals surface area contributed by atoms with Gasteiger partial charge in [0, 0.05) is 18.0 Å². The molecule has 0 aliphatic rings. The Balaban J connectivity index is 2.16. The van der Waals surface area contributed by atoms with E-state index in [4.69, 9.17) is 5.73 Å². The van der Waals surface area contributed by atoms with E-state index in [0.29, 0.717) is 21.9 Å². The average molecular weight is 342 g/mol. The average Bonchev–Trinajstić information content (AvgIpc) is 2.51. The Morgan fingerprint density at radius 1 is 0.952 bits per heavy atom. The van der Waals surface area contributed by atoms with Crippen LogP contribution in [0, 0.1) is 6.92 Å². The molecule has 0 radical (unpaired) electrons. The first kappa shape index (κ1) is 13.6. The third-order valence-electron chi connectivity index (χ3n) is 2.91. The van der Waals surface area contributed by atoms with Gasteiger partial charge < -0.3 is 5.73 Å². The van der Waals surface area contributed by atoms with Gasteiger partial charge in [0.1, 0.15) is 5.82 Å². The summed E-state index contributed by atoms with van der Waals surface area (Å²) in [5.41, 5.74) is 8.63. The largest absolute Gasteiger partial charge is 0.383 e. The molecular weight excluding hydrogens is 330 g/mol. The summed E-state index contributed by atoms with van der Waals surface area (Å²) >= 11 is 3.44. The number of nitrogens with zero attached hydrogens (tertiary/aromatic N) is 4. The van der Waals surface area contributed by atoms with Crippen molar-refractivity contribution in [3.63, 3.8) is 0 Å². The summed E-state index contributed by atoms with van der Waals surface area (Å²) in [4.78, 5) is 17.3. The monoisotopic (exact) mass is 341 g/mol. The zero-order valence-electron chi connectivity index (χ0n) is 11.3. The van der Waals surface area contributed by atoms with Gasteiger partial charge in [0.2, 0.25) is 0 Å². The zero-order valence-corrected chi connectivity index (χ0v) is 12.9. The van der Waals surface area contributed by atoms with Gasteiger partial charge in [0.25, 0.3) is 0 Å². The van der Waals surface area contributed by atoms with Gasteiger partial charge in [-0.15, -0.1) is 0 Å². The van der Waals surface area contributed by atoms with E-state index in [1.807, 2.05) is 37.3 Å². The van der Waals surface area contributed by atoms with Crippen molar-refractivity contribution in [2.24, 2.45) is 0 Å². The number of nitrogens with two attached hydrogens (primary N) is 1. The molecular formula is C15H12BrN5. The van der Waals surface area contributed by atoms with E-state index in [2.05, 4.69) is 35.9 Å². The summed E-state index contributed by atoms with van der Waals surface area (Å²) < 4.78 is 0.671. The van der Waals surface area contributed by atoms with Crippen molar-refractivity contribution in [3.8, 4) is 22.9 Å². The summed E-state index contributed by atoms with van der Waals surface area (Å²) in [6.45, 7) is 1.93. The van der Waals surface area contributed by atoms with Crippen LogP contribution in [0.3, 0.4) is 0 Å². The zero-order chi connectivity index (χ0) is 14.8. The number of aryl methyl sites for hydroxylation is 1. The normalized spacial score (nSPS) is 10.6. The van der Waals surface area contributed by atoms with Crippen molar-refractivity contribution in [1.29, 1.82) is 0 Å². The Morgan fingerprint density at radius 2 is 1.62 bits per heavy atom. The Labute approximate surface area is 130 Å². The van der Waals surface area contributed by atoms with Crippen molar-refractivity contribution >= 4 is 21.7 Å². The van der Waals surface area contributed by atoms with Gasteiger partial charge in [0.05, 0.1) is 10.2 Å². The van der Waals surface area contributed by atoms with Gasteiger partial charge in [-0.3, -0.25) is 0 Å². The highest BCUT2D eigenvalue weighted by molar-refractivity contribution is 9.10. The van der Waals surface area contributed by atoms with E-state index >= 15 is 0 Å². The number of nitrogen functional groups attached to an aromatic ring is 1. The molecule has 21 heavy (non-hydrogen) atoms. The number of halogens is 1. The minimum Gasteiger partial charge on any atom is -0.383 e. The maximum atomic E-state index is 5.97. The van der Waals surface area contributed by atoms with Crippen LogP contribution in [0.4, 0.5) is 5.82 Å². The smallest absolute Gasteiger partial charge is 0.200 e. The first-order valence-electron chi connectivity index (χ1n) is 6.32. The fourth-order valence-corrected chi connectivity index (χ4v) is 2.27. The molecule has 0 spiro atoms. The first-order valence-corrected chi connectivity index (χ1v) is 7.12. The summed E-state index contributed by atoms with van der Waals surface area (Å²) in [5, 5.41) is 0. The van der Waals surface area contributed by atoms with Gasteiger partial charge in [0.15, 0.2) is 11.6 Å². The second-order valence-corrected chi connectivity index (χ2v) is 5.34. The van der Waals surface area contributed by atoms with Gasteiger partial charge in [-0.05, 0) is 28.4 Å². The van der Waals surface area contributed by atoms with Crippen molar-refractivity contribution in [3.05, 3.63) is 52.8 Å². The van der Waals surface area contributed by atoms with Gasteiger partial charge >= 0.3 is 0 Å².